The molecule has 0 unspecified atom stereocenters. The van der Waals surface area contributed by atoms with E-state index < -0.39 is 0 Å². The predicted octanol–water partition coefficient (Wildman–Crippen LogP) is 3.03. The van der Waals surface area contributed by atoms with E-state index in [4.69, 9.17) is 4.52 Å². The molecule has 2 heterocycles. The van der Waals surface area contributed by atoms with Crippen LogP contribution < -0.4 is 5.32 Å². The SMILES string of the molecule is Cc1ccccc1NCCc1nc(-c2ccc[nH]2)no1. The summed E-state index contributed by atoms with van der Waals surface area (Å²) in [5, 5.41) is 7.33. The van der Waals surface area contributed by atoms with Crippen molar-refractivity contribution in [1.29, 1.82) is 0 Å². The highest BCUT2D eigenvalue weighted by molar-refractivity contribution is 5.50. The number of benzene rings is 1. The zero-order valence-corrected chi connectivity index (χ0v) is 11.3. The van der Waals surface area contributed by atoms with Gasteiger partial charge in [0.15, 0.2) is 0 Å². The molecular formula is C15H16N4O. The molecule has 0 bridgehead atoms. The van der Waals surface area contributed by atoms with Crippen LogP contribution >= 0.6 is 0 Å². The van der Waals surface area contributed by atoms with E-state index in [0.717, 1.165) is 17.9 Å². The normalized spacial score (nSPS) is 10.7. The van der Waals surface area contributed by atoms with Crippen LogP contribution in [-0.4, -0.2) is 21.7 Å². The van der Waals surface area contributed by atoms with Gasteiger partial charge in [-0.2, -0.15) is 4.98 Å². The number of nitrogens with one attached hydrogen (secondary N) is 2. The predicted molar refractivity (Wildman–Crippen MR) is 77.5 cm³/mol. The molecule has 3 aromatic rings. The number of para-hydroxylation sites is 1. The van der Waals surface area contributed by atoms with Gasteiger partial charge in [0.1, 0.15) is 0 Å². The maximum absolute atomic E-state index is 5.24. The minimum atomic E-state index is 0.598. The first kappa shape index (κ1) is 12.5. The fourth-order valence-corrected chi connectivity index (χ4v) is 2.01. The van der Waals surface area contributed by atoms with Crippen molar-refractivity contribution in [1.82, 2.24) is 15.1 Å². The molecule has 0 fully saturated rings. The van der Waals surface area contributed by atoms with Crippen LogP contribution in [0, 0.1) is 6.92 Å². The zero-order valence-electron chi connectivity index (χ0n) is 11.3. The van der Waals surface area contributed by atoms with Crippen LogP contribution in [-0.2, 0) is 6.42 Å². The van der Waals surface area contributed by atoms with Crippen LogP contribution in [0.15, 0.2) is 47.1 Å². The van der Waals surface area contributed by atoms with E-state index in [9.17, 15) is 0 Å². The third-order valence-electron chi connectivity index (χ3n) is 3.11. The maximum atomic E-state index is 5.24. The molecule has 0 atom stereocenters. The van der Waals surface area contributed by atoms with Gasteiger partial charge < -0.3 is 14.8 Å². The molecule has 0 aliphatic heterocycles. The lowest BCUT2D eigenvalue weighted by Gasteiger charge is -2.07. The van der Waals surface area contributed by atoms with E-state index in [1.54, 1.807) is 0 Å². The van der Waals surface area contributed by atoms with E-state index in [1.807, 2.05) is 30.5 Å². The molecular weight excluding hydrogens is 252 g/mol. The second-order valence-electron chi connectivity index (χ2n) is 4.59. The fourth-order valence-electron chi connectivity index (χ4n) is 2.01. The molecule has 3 rings (SSSR count). The summed E-state index contributed by atoms with van der Waals surface area (Å²) >= 11 is 0. The second kappa shape index (κ2) is 5.61. The monoisotopic (exact) mass is 268 g/mol. The Morgan fingerprint density at radius 1 is 1.20 bits per heavy atom. The van der Waals surface area contributed by atoms with Gasteiger partial charge in [-0.3, -0.25) is 0 Å². The highest BCUT2D eigenvalue weighted by Gasteiger charge is 2.08. The van der Waals surface area contributed by atoms with E-state index in [1.165, 1.54) is 5.56 Å². The number of hydrogen-bond acceptors (Lipinski definition) is 4. The summed E-state index contributed by atoms with van der Waals surface area (Å²) in [7, 11) is 0. The summed E-state index contributed by atoms with van der Waals surface area (Å²) < 4.78 is 5.24. The van der Waals surface area contributed by atoms with Crippen LogP contribution in [0.3, 0.4) is 0 Å². The standard InChI is InChI=1S/C15H16N4O/c1-11-5-2-3-6-12(11)17-10-8-14-18-15(19-20-14)13-7-4-9-16-13/h2-7,9,16-17H,8,10H2,1H3. The van der Waals surface area contributed by atoms with Crippen molar-refractivity contribution in [2.75, 3.05) is 11.9 Å². The number of rotatable bonds is 5. The van der Waals surface area contributed by atoms with Crippen LogP contribution in [0.25, 0.3) is 11.5 Å². The van der Waals surface area contributed by atoms with Crippen molar-refractivity contribution < 1.29 is 4.52 Å². The Labute approximate surface area is 117 Å². The molecule has 0 radical (unpaired) electrons. The Bertz CT molecular complexity index is 673. The summed E-state index contributed by atoms with van der Waals surface area (Å²) in [5.74, 6) is 1.23. The Balaban J connectivity index is 1.58. The third-order valence-corrected chi connectivity index (χ3v) is 3.11. The summed E-state index contributed by atoms with van der Waals surface area (Å²) in [5.41, 5.74) is 3.23. The smallest absolute Gasteiger partial charge is 0.228 e. The number of aromatic nitrogens is 3. The summed E-state index contributed by atoms with van der Waals surface area (Å²) in [6.45, 7) is 2.84. The first-order chi connectivity index (χ1) is 9.83. The first-order valence-corrected chi connectivity index (χ1v) is 6.59. The maximum Gasteiger partial charge on any atom is 0.228 e. The van der Waals surface area contributed by atoms with E-state index in [-0.39, 0.29) is 0 Å². The minimum Gasteiger partial charge on any atom is -0.384 e. The highest BCUT2D eigenvalue weighted by atomic mass is 16.5. The van der Waals surface area contributed by atoms with E-state index in [0.29, 0.717) is 18.1 Å². The fraction of sp³-hybridized carbons (Fsp3) is 0.200. The molecule has 1 aromatic carbocycles. The van der Waals surface area contributed by atoms with Crippen LogP contribution in [0.4, 0.5) is 5.69 Å². The average Bonchev–Trinajstić information content (AvgIpc) is 3.11. The quantitative estimate of drug-likeness (QED) is 0.746. The summed E-state index contributed by atoms with van der Waals surface area (Å²) in [6, 6.07) is 12.0. The molecule has 0 saturated carbocycles. The van der Waals surface area contributed by atoms with Crippen molar-refractivity contribution >= 4 is 5.69 Å². The van der Waals surface area contributed by atoms with Gasteiger partial charge in [0.25, 0.3) is 0 Å². The lowest BCUT2D eigenvalue weighted by atomic mass is 10.2. The van der Waals surface area contributed by atoms with E-state index >= 15 is 0 Å². The van der Waals surface area contributed by atoms with Crippen molar-refractivity contribution in [3.63, 3.8) is 0 Å². The van der Waals surface area contributed by atoms with Crippen molar-refractivity contribution in [2.45, 2.75) is 13.3 Å². The molecule has 2 aromatic heterocycles. The van der Waals surface area contributed by atoms with E-state index in [2.05, 4.69) is 39.5 Å². The molecule has 20 heavy (non-hydrogen) atoms. The molecule has 0 saturated heterocycles. The van der Waals surface area contributed by atoms with Gasteiger partial charge in [-0.25, -0.2) is 0 Å². The number of anilines is 1. The topological polar surface area (TPSA) is 66.7 Å². The highest BCUT2D eigenvalue weighted by Crippen LogP contribution is 2.14. The lowest BCUT2D eigenvalue weighted by molar-refractivity contribution is 0.381. The van der Waals surface area contributed by atoms with Gasteiger partial charge >= 0.3 is 0 Å². The zero-order chi connectivity index (χ0) is 13.8. The van der Waals surface area contributed by atoms with Crippen LogP contribution in [0.1, 0.15) is 11.5 Å². The summed E-state index contributed by atoms with van der Waals surface area (Å²) in [6.07, 6.45) is 2.53. The number of nitrogens with zero attached hydrogens (tertiary/aromatic N) is 2. The Kier molecular flexibility index (Phi) is 3.50. The lowest BCUT2D eigenvalue weighted by Crippen LogP contribution is -2.06. The van der Waals surface area contributed by atoms with Gasteiger partial charge in [-0.1, -0.05) is 23.4 Å². The number of H-pyrrole nitrogens is 1. The second-order valence-corrected chi connectivity index (χ2v) is 4.59. The van der Waals surface area contributed by atoms with Gasteiger partial charge in [-0.15, -0.1) is 0 Å². The number of hydrogen-bond donors (Lipinski definition) is 2. The molecule has 0 aliphatic carbocycles. The first-order valence-electron chi connectivity index (χ1n) is 6.59. The molecule has 102 valence electrons. The molecule has 0 aliphatic rings. The molecule has 5 heteroatoms. The van der Waals surface area contributed by atoms with Crippen LogP contribution in [0.5, 0.6) is 0 Å². The number of aryl methyl sites for hydroxylation is 1. The van der Waals surface area contributed by atoms with Gasteiger partial charge in [-0.05, 0) is 30.7 Å². The Morgan fingerprint density at radius 2 is 2.10 bits per heavy atom. The average molecular weight is 268 g/mol. The summed E-state index contributed by atoms with van der Waals surface area (Å²) in [4.78, 5) is 7.41. The Morgan fingerprint density at radius 3 is 2.90 bits per heavy atom. The van der Waals surface area contributed by atoms with Crippen molar-refractivity contribution in [2.24, 2.45) is 0 Å². The van der Waals surface area contributed by atoms with Gasteiger partial charge in [0.05, 0.1) is 5.69 Å². The third kappa shape index (κ3) is 2.71. The largest absolute Gasteiger partial charge is 0.384 e. The number of aromatic amines is 1. The van der Waals surface area contributed by atoms with Gasteiger partial charge in [0, 0.05) is 24.8 Å². The minimum absolute atomic E-state index is 0.598. The van der Waals surface area contributed by atoms with Crippen molar-refractivity contribution in [3.05, 3.63) is 54.0 Å². The van der Waals surface area contributed by atoms with Crippen LogP contribution in [0.2, 0.25) is 0 Å². The molecule has 2 N–H and O–H groups in total. The molecule has 0 amide bonds. The van der Waals surface area contributed by atoms with Crippen molar-refractivity contribution in [3.8, 4) is 11.5 Å². The van der Waals surface area contributed by atoms with Gasteiger partial charge in [0.2, 0.25) is 11.7 Å². The molecule has 0 spiro atoms. The molecule has 5 nitrogen and oxygen atoms in total. The Hall–Kier alpha value is -2.56.